The number of fused-ring (bicyclic) bond motifs is 3. The lowest BCUT2D eigenvalue weighted by molar-refractivity contribution is 0.507. The summed E-state index contributed by atoms with van der Waals surface area (Å²) >= 11 is 39.7. The molecule has 0 amide bonds. The fraction of sp³-hybridized carbons (Fsp3) is 0.107. The van der Waals surface area contributed by atoms with Crippen LogP contribution in [0, 0.1) is 16.6 Å². The van der Waals surface area contributed by atoms with Crippen LogP contribution in [0.25, 0.3) is 10.2 Å². The van der Waals surface area contributed by atoms with Crippen LogP contribution in [0.3, 0.4) is 0 Å². The van der Waals surface area contributed by atoms with Crippen LogP contribution in [-0.2, 0) is 12.8 Å². The van der Waals surface area contributed by atoms with Crippen LogP contribution in [0.2, 0.25) is 0 Å². The molecule has 0 saturated carbocycles. The smallest absolute Gasteiger partial charge is 0.213 e. The monoisotopic (exact) mass is 869 g/mol. The Morgan fingerprint density at radius 3 is 2.02 bits per heavy atom. The number of thiazole rings is 1. The lowest BCUT2D eigenvalue weighted by Crippen LogP contribution is -2.24. The Morgan fingerprint density at radius 2 is 1.50 bits per heavy atom. The van der Waals surface area contributed by atoms with E-state index in [-0.39, 0.29) is 0 Å². The molecule has 9 N–H and O–H groups in total. The molecule has 260 valence electrons. The second kappa shape index (κ2) is 21.2. The maximum atomic E-state index is 5.27. The van der Waals surface area contributed by atoms with Crippen molar-refractivity contribution in [2.45, 2.75) is 17.7 Å². The molecule has 1 fully saturated rings. The van der Waals surface area contributed by atoms with Gasteiger partial charge in [-0.25, -0.2) is 4.98 Å². The summed E-state index contributed by atoms with van der Waals surface area (Å²) in [5.41, 5.74) is 4.90. The van der Waals surface area contributed by atoms with Crippen LogP contribution >= 0.6 is 132 Å². The molecule has 22 heteroatoms. The molecule has 0 aliphatic carbocycles. The number of rotatable bonds is 0. The number of hydrazine groups is 1. The quantitative estimate of drug-likeness (QED) is 0.0415. The van der Waals surface area contributed by atoms with Crippen molar-refractivity contribution in [2.24, 2.45) is 5.84 Å². The van der Waals surface area contributed by atoms with Crippen molar-refractivity contribution >= 4 is 161 Å². The van der Waals surface area contributed by atoms with Gasteiger partial charge in [0.25, 0.3) is 0 Å². The Labute approximate surface area is 339 Å². The van der Waals surface area contributed by atoms with E-state index in [4.69, 9.17) is 79.1 Å². The highest BCUT2D eigenvalue weighted by Crippen LogP contribution is 2.32. The van der Waals surface area contributed by atoms with Crippen molar-refractivity contribution in [3.63, 3.8) is 0 Å². The number of anilines is 1. The number of nitrogens with two attached hydrogens (primary N) is 1. The van der Waals surface area contributed by atoms with Crippen molar-refractivity contribution in [1.29, 1.82) is 0 Å². The summed E-state index contributed by atoms with van der Waals surface area (Å²) in [6.45, 7) is 0.656. The average Bonchev–Trinajstić information content (AvgIpc) is 3.94. The first-order chi connectivity index (χ1) is 24.0. The zero-order valence-corrected chi connectivity index (χ0v) is 34.4. The standard InChI is InChI=1S/C8H7NS.C8H6S2.C6H4N2S2.C2H5N3S2.C2H3N3S.C2H2N2S3/c10-8-5-6-3-1-2-4-7(6)9-8;9-8-5-6-3-1-2-4-7(6)10-8;9-6-8-4-3-7-2-1-5(4)10-6;3-5-1-4-2(6)7-5;6-2-3-1-4-5-2;5-1-3-4-2(6)7-1/h1-4H,5H2,(H,9,10);1-4H,5H2;1-3H,(H,8,9);1,3H2,(H,4,6);1H,(H2,3,4,5,6);(H,3,5)(H,4,6). The van der Waals surface area contributed by atoms with E-state index in [1.165, 1.54) is 56.0 Å². The van der Waals surface area contributed by atoms with Crippen LogP contribution in [-0.4, -0.2) is 59.9 Å². The predicted molar refractivity (Wildman–Crippen MR) is 232 cm³/mol. The SMILES string of the molecule is NN1CNC(=S)S1.S=C1Cc2ccccc2N1.S=C1Cc2ccccc2S1.S=c1[nH][nH]c(=S)s1.S=c1[nH]c2cnccc2s1.S=c1nc[nH][nH]1. The number of pyridine rings is 1. The van der Waals surface area contributed by atoms with Gasteiger partial charge < -0.3 is 15.6 Å². The minimum absolute atomic E-state index is 0.495. The summed E-state index contributed by atoms with van der Waals surface area (Å²) in [5, 5.41) is 16.5. The highest BCUT2D eigenvalue weighted by molar-refractivity contribution is 8.23. The van der Waals surface area contributed by atoms with Crippen LogP contribution in [0.15, 0.2) is 78.2 Å². The molecule has 2 aromatic carbocycles. The molecule has 6 aromatic rings. The summed E-state index contributed by atoms with van der Waals surface area (Å²) in [6, 6.07) is 18.5. The van der Waals surface area contributed by atoms with E-state index in [0.717, 1.165) is 35.8 Å². The molecule has 11 nitrogen and oxygen atoms in total. The number of thiocarbonyl (C=S) groups is 3. The zero-order chi connectivity index (χ0) is 35.9. The Bertz CT molecular complexity index is 2070. The molecule has 0 radical (unpaired) electrons. The molecule has 3 aliphatic heterocycles. The number of nitrogens with one attached hydrogen (secondary N) is 7. The topological polar surface area (TPSA) is 158 Å². The van der Waals surface area contributed by atoms with E-state index in [1.807, 2.05) is 18.2 Å². The molecular weight excluding hydrogens is 843 g/mol. The van der Waals surface area contributed by atoms with Crippen molar-refractivity contribution in [3.8, 4) is 0 Å². The van der Waals surface area contributed by atoms with Crippen LogP contribution in [0.4, 0.5) is 5.69 Å². The first-order valence-electron chi connectivity index (χ1n) is 14.0. The number of thioether (sulfide) groups is 1. The normalized spacial score (nSPS) is 13.6. The minimum atomic E-state index is 0.495. The van der Waals surface area contributed by atoms with Gasteiger partial charge in [0.1, 0.15) is 6.33 Å². The second-order valence-corrected chi connectivity index (χ2v) is 18.0. The highest BCUT2D eigenvalue weighted by atomic mass is 32.2. The molecule has 0 unspecified atom stereocenters. The van der Waals surface area contributed by atoms with Gasteiger partial charge in [-0.15, -0.1) is 11.3 Å². The Hall–Kier alpha value is -2.45. The number of aromatic amines is 5. The van der Waals surface area contributed by atoms with E-state index in [1.54, 1.807) is 39.9 Å². The van der Waals surface area contributed by atoms with Crippen molar-refractivity contribution < 1.29 is 0 Å². The van der Waals surface area contributed by atoms with Gasteiger partial charge in [-0.05, 0) is 78.2 Å². The van der Waals surface area contributed by atoms with Gasteiger partial charge >= 0.3 is 0 Å². The maximum absolute atomic E-state index is 5.27. The fourth-order valence-electron chi connectivity index (χ4n) is 3.80. The first-order valence-corrected chi connectivity index (χ1v) is 20.1. The Morgan fingerprint density at radius 1 is 0.780 bits per heavy atom. The Balaban J connectivity index is 0.000000136. The van der Waals surface area contributed by atoms with E-state index in [2.05, 4.69) is 94.6 Å². The fourth-order valence-corrected chi connectivity index (χ4v) is 8.53. The van der Waals surface area contributed by atoms with Crippen LogP contribution in [0.5, 0.6) is 0 Å². The summed E-state index contributed by atoms with van der Waals surface area (Å²) in [4.78, 5) is 12.9. The lowest BCUT2D eigenvalue weighted by atomic mass is 10.2. The largest absolute Gasteiger partial charge is 0.355 e. The van der Waals surface area contributed by atoms with Gasteiger partial charge in [-0.2, -0.15) is 4.41 Å². The van der Waals surface area contributed by atoms with Crippen LogP contribution < -0.4 is 16.5 Å². The number of hydrogen-bond donors (Lipinski definition) is 8. The predicted octanol–water partition coefficient (Wildman–Crippen LogP) is 8.98. The van der Waals surface area contributed by atoms with E-state index < -0.39 is 0 Å². The first kappa shape index (κ1) is 40.3. The third-order valence-electron chi connectivity index (χ3n) is 5.85. The average molecular weight is 870 g/mol. The Kier molecular flexibility index (Phi) is 17.1. The molecular formula is C28H27N11S11. The molecule has 50 heavy (non-hydrogen) atoms. The summed E-state index contributed by atoms with van der Waals surface area (Å²) in [6.07, 6.45) is 6.94. The van der Waals surface area contributed by atoms with Gasteiger partial charge in [-0.3, -0.25) is 31.2 Å². The number of para-hydroxylation sites is 1. The second-order valence-electron chi connectivity index (χ2n) is 9.42. The molecule has 1 saturated heterocycles. The van der Waals surface area contributed by atoms with E-state index in [9.17, 15) is 0 Å². The van der Waals surface area contributed by atoms with E-state index >= 15 is 0 Å². The summed E-state index contributed by atoms with van der Waals surface area (Å²) in [7, 11) is 0. The lowest BCUT2D eigenvalue weighted by Gasteiger charge is -1.96. The van der Waals surface area contributed by atoms with Crippen LogP contribution in [0.1, 0.15) is 11.1 Å². The third-order valence-corrected chi connectivity index (χ3v) is 11.2. The zero-order valence-electron chi connectivity index (χ0n) is 25.5. The number of hydrogen-bond acceptors (Lipinski definition) is 15. The van der Waals surface area contributed by atoms with Crippen molar-refractivity contribution in [1.82, 2.24) is 45.1 Å². The third kappa shape index (κ3) is 14.3. The van der Waals surface area contributed by atoms with Gasteiger partial charge in [0.05, 0.1) is 32.3 Å². The van der Waals surface area contributed by atoms with Gasteiger partial charge in [0.15, 0.2) is 16.2 Å². The molecule has 0 bridgehead atoms. The van der Waals surface area contributed by atoms with Crippen molar-refractivity contribution in [2.75, 3.05) is 12.0 Å². The maximum Gasteiger partial charge on any atom is 0.213 e. The molecule has 0 atom stereocenters. The number of aromatic nitrogens is 7. The molecule has 9 rings (SSSR count). The molecule has 4 aromatic heterocycles. The number of H-pyrrole nitrogens is 5. The minimum Gasteiger partial charge on any atom is -0.355 e. The van der Waals surface area contributed by atoms with Gasteiger partial charge in [0, 0.05) is 41.6 Å². The number of benzene rings is 2. The highest BCUT2D eigenvalue weighted by Gasteiger charge is 2.14. The van der Waals surface area contributed by atoms with E-state index in [0.29, 0.717) is 19.3 Å². The number of nitrogens with zero attached hydrogens (tertiary/aromatic N) is 3. The molecule has 3 aliphatic rings. The summed E-state index contributed by atoms with van der Waals surface area (Å²) in [5.74, 6) is 5.27. The molecule has 7 heterocycles. The van der Waals surface area contributed by atoms with Gasteiger partial charge in [0.2, 0.25) is 4.77 Å². The van der Waals surface area contributed by atoms with Gasteiger partial charge in [-0.1, -0.05) is 96.2 Å². The summed E-state index contributed by atoms with van der Waals surface area (Å²) < 4.78 is 7.26. The van der Waals surface area contributed by atoms with Crippen molar-refractivity contribution in [3.05, 3.63) is 101 Å². The molecule has 0 spiro atoms.